The van der Waals surface area contributed by atoms with Gasteiger partial charge in [0.1, 0.15) is 5.69 Å². The zero-order valence-electron chi connectivity index (χ0n) is 11.3. The van der Waals surface area contributed by atoms with Crippen LogP contribution in [0.4, 0.5) is 0 Å². The van der Waals surface area contributed by atoms with Crippen LogP contribution in [0.15, 0.2) is 30.5 Å². The summed E-state index contributed by atoms with van der Waals surface area (Å²) in [7, 11) is 0. The maximum atomic E-state index is 11.2. The van der Waals surface area contributed by atoms with Gasteiger partial charge in [0.2, 0.25) is 0 Å². The van der Waals surface area contributed by atoms with Crippen molar-refractivity contribution in [3.8, 4) is 11.3 Å². The molecule has 0 N–H and O–H groups in total. The fraction of sp³-hybridized carbons (Fsp3) is 0.333. The minimum atomic E-state index is -0.126. The van der Waals surface area contributed by atoms with Crippen molar-refractivity contribution in [2.24, 2.45) is 0 Å². The quantitative estimate of drug-likeness (QED) is 0.756. The Morgan fingerprint density at radius 2 is 1.89 bits per heavy atom. The molecule has 1 aromatic carbocycles. The highest BCUT2D eigenvalue weighted by atomic mass is 16.1. The smallest absolute Gasteiger partial charge is 0.153 e. The Kier molecular flexibility index (Phi) is 3.07. The molecule has 0 fully saturated rings. The van der Waals surface area contributed by atoms with Gasteiger partial charge in [-0.2, -0.15) is 5.10 Å². The molecule has 3 nitrogen and oxygen atoms in total. The molecule has 2 aromatic rings. The lowest BCUT2D eigenvalue weighted by molar-refractivity contribution is 0.112. The van der Waals surface area contributed by atoms with E-state index >= 15 is 0 Å². The molecule has 94 valence electrons. The highest BCUT2D eigenvalue weighted by molar-refractivity contribution is 5.86. The van der Waals surface area contributed by atoms with Crippen molar-refractivity contribution in [1.29, 1.82) is 0 Å². The van der Waals surface area contributed by atoms with Crippen LogP contribution in [0.5, 0.6) is 0 Å². The van der Waals surface area contributed by atoms with Crippen LogP contribution in [0.25, 0.3) is 11.3 Å². The highest BCUT2D eigenvalue weighted by Crippen LogP contribution is 2.26. The fourth-order valence-electron chi connectivity index (χ4n) is 1.87. The Labute approximate surface area is 107 Å². The predicted octanol–water partition coefficient (Wildman–Crippen LogP) is 3.43. The Bertz CT molecular complexity index is 576. The second-order valence-electron chi connectivity index (χ2n) is 5.48. The minimum Gasteiger partial charge on any atom is -0.298 e. The van der Waals surface area contributed by atoms with E-state index in [0.717, 1.165) is 23.1 Å². The first-order valence-corrected chi connectivity index (χ1v) is 6.05. The number of benzene rings is 1. The maximum absolute atomic E-state index is 11.2. The van der Waals surface area contributed by atoms with E-state index in [1.54, 1.807) is 0 Å². The topological polar surface area (TPSA) is 34.9 Å². The summed E-state index contributed by atoms with van der Waals surface area (Å²) in [6.07, 6.45) is 2.69. The molecule has 18 heavy (non-hydrogen) atoms. The van der Waals surface area contributed by atoms with Crippen LogP contribution >= 0.6 is 0 Å². The lowest BCUT2D eigenvalue weighted by atomic mass is 10.0. The second kappa shape index (κ2) is 4.41. The van der Waals surface area contributed by atoms with Gasteiger partial charge in [0.25, 0.3) is 0 Å². The summed E-state index contributed by atoms with van der Waals surface area (Å²) in [5.41, 5.74) is 3.42. The summed E-state index contributed by atoms with van der Waals surface area (Å²) in [4.78, 5) is 11.2. The molecule has 0 aliphatic rings. The summed E-state index contributed by atoms with van der Waals surface area (Å²) in [5.74, 6) is 0. The average molecular weight is 242 g/mol. The molecule has 1 aromatic heterocycles. The number of nitrogens with zero attached hydrogens (tertiary/aromatic N) is 2. The molecular formula is C15H18N2O. The zero-order chi connectivity index (χ0) is 13.3. The van der Waals surface area contributed by atoms with Crippen molar-refractivity contribution in [2.45, 2.75) is 33.2 Å². The largest absolute Gasteiger partial charge is 0.298 e. The standard InChI is InChI=1S/C15H18N2O/c1-11-7-5-6-8-13(11)14-12(10-18)9-17(16-14)15(2,3)4/h5-10H,1-4H3. The molecule has 0 unspecified atom stereocenters. The van der Waals surface area contributed by atoms with E-state index in [4.69, 9.17) is 0 Å². The SMILES string of the molecule is Cc1ccccc1-c1nn(C(C)(C)C)cc1C=O. The van der Waals surface area contributed by atoms with Gasteiger partial charge >= 0.3 is 0 Å². The molecular weight excluding hydrogens is 224 g/mol. The van der Waals surface area contributed by atoms with Gasteiger partial charge < -0.3 is 0 Å². The molecule has 0 aliphatic carbocycles. The summed E-state index contributed by atoms with van der Waals surface area (Å²) >= 11 is 0. The Hall–Kier alpha value is -1.90. The van der Waals surface area contributed by atoms with Gasteiger partial charge in [-0.1, -0.05) is 24.3 Å². The first-order valence-electron chi connectivity index (χ1n) is 6.05. The number of aldehydes is 1. The minimum absolute atomic E-state index is 0.126. The van der Waals surface area contributed by atoms with Gasteiger partial charge in [0.15, 0.2) is 6.29 Å². The molecule has 2 rings (SSSR count). The van der Waals surface area contributed by atoms with Crippen LogP contribution in [0.3, 0.4) is 0 Å². The molecule has 0 radical (unpaired) electrons. The summed E-state index contributed by atoms with van der Waals surface area (Å²) in [6.45, 7) is 8.22. The number of hydrogen-bond acceptors (Lipinski definition) is 2. The van der Waals surface area contributed by atoms with E-state index in [0.29, 0.717) is 5.56 Å². The summed E-state index contributed by atoms with van der Waals surface area (Å²) in [6, 6.07) is 7.98. The van der Waals surface area contributed by atoms with E-state index in [-0.39, 0.29) is 5.54 Å². The number of carbonyl (C=O) groups excluding carboxylic acids is 1. The van der Waals surface area contributed by atoms with Gasteiger partial charge in [-0.3, -0.25) is 9.48 Å². The molecule has 0 bridgehead atoms. The lowest BCUT2D eigenvalue weighted by Gasteiger charge is -2.18. The number of carbonyl (C=O) groups is 1. The van der Waals surface area contributed by atoms with Crippen LogP contribution in [-0.4, -0.2) is 16.1 Å². The van der Waals surface area contributed by atoms with E-state index in [1.807, 2.05) is 42.1 Å². The predicted molar refractivity (Wildman–Crippen MR) is 72.8 cm³/mol. The van der Waals surface area contributed by atoms with Gasteiger partial charge in [0.05, 0.1) is 11.1 Å². The highest BCUT2D eigenvalue weighted by Gasteiger charge is 2.19. The number of rotatable bonds is 2. The third-order valence-corrected chi connectivity index (χ3v) is 2.96. The Morgan fingerprint density at radius 3 is 2.44 bits per heavy atom. The summed E-state index contributed by atoms with van der Waals surface area (Å²) < 4.78 is 1.85. The van der Waals surface area contributed by atoms with Crippen LogP contribution in [0.1, 0.15) is 36.7 Å². The van der Waals surface area contributed by atoms with E-state index in [2.05, 4.69) is 25.9 Å². The summed E-state index contributed by atoms with van der Waals surface area (Å²) in [5, 5.41) is 4.57. The third-order valence-electron chi connectivity index (χ3n) is 2.96. The normalized spacial score (nSPS) is 11.6. The molecule has 0 saturated heterocycles. The fourth-order valence-corrected chi connectivity index (χ4v) is 1.87. The van der Waals surface area contributed by atoms with E-state index in [1.165, 1.54) is 0 Å². The van der Waals surface area contributed by atoms with Crippen LogP contribution < -0.4 is 0 Å². The van der Waals surface area contributed by atoms with E-state index in [9.17, 15) is 4.79 Å². The lowest BCUT2D eigenvalue weighted by Crippen LogP contribution is -2.22. The number of hydrogen-bond donors (Lipinski definition) is 0. The molecule has 3 heteroatoms. The van der Waals surface area contributed by atoms with Crippen molar-refractivity contribution >= 4 is 6.29 Å². The molecule has 0 spiro atoms. The maximum Gasteiger partial charge on any atom is 0.153 e. The van der Waals surface area contributed by atoms with Crippen LogP contribution in [0, 0.1) is 6.92 Å². The van der Waals surface area contributed by atoms with Crippen molar-refractivity contribution in [1.82, 2.24) is 9.78 Å². The van der Waals surface area contributed by atoms with Gasteiger partial charge in [-0.25, -0.2) is 0 Å². The van der Waals surface area contributed by atoms with Crippen molar-refractivity contribution in [3.63, 3.8) is 0 Å². The number of aryl methyl sites for hydroxylation is 1. The Morgan fingerprint density at radius 1 is 1.22 bits per heavy atom. The third kappa shape index (κ3) is 2.21. The molecule has 0 saturated carbocycles. The first-order chi connectivity index (χ1) is 8.43. The Balaban J connectivity index is 2.61. The monoisotopic (exact) mass is 242 g/mol. The molecule has 1 heterocycles. The average Bonchev–Trinajstić information content (AvgIpc) is 2.73. The van der Waals surface area contributed by atoms with Crippen LogP contribution in [0.2, 0.25) is 0 Å². The van der Waals surface area contributed by atoms with Gasteiger partial charge in [-0.15, -0.1) is 0 Å². The van der Waals surface area contributed by atoms with Crippen molar-refractivity contribution < 1.29 is 4.79 Å². The second-order valence-corrected chi connectivity index (χ2v) is 5.48. The molecule has 0 amide bonds. The molecule has 0 atom stereocenters. The van der Waals surface area contributed by atoms with Crippen LogP contribution in [-0.2, 0) is 5.54 Å². The molecule has 0 aliphatic heterocycles. The zero-order valence-corrected chi connectivity index (χ0v) is 11.3. The van der Waals surface area contributed by atoms with Gasteiger partial charge in [-0.05, 0) is 33.3 Å². The van der Waals surface area contributed by atoms with Crippen molar-refractivity contribution in [2.75, 3.05) is 0 Å². The first kappa shape index (κ1) is 12.6. The number of aromatic nitrogens is 2. The van der Waals surface area contributed by atoms with E-state index < -0.39 is 0 Å². The van der Waals surface area contributed by atoms with Gasteiger partial charge in [0, 0.05) is 11.8 Å². The van der Waals surface area contributed by atoms with Crippen molar-refractivity contribution in [3.05, 3.63) is 41.6 Å².